The van der Waals surface area contributed by atoms with E-state index in [1.54, 1.807) is 7.11 Å². The van der Waals surface area contributed by atoms with Crippen LogP contribution in [0, 0.1) is 0 Å². The first-order chi connectivity index (χ1) is 20.1. The van der Waals surface area contributed by atoms with E-state index >= 15 is 0 Å². The van der Waals surface area contributed by atoms with Crippen LogP contribution in [0.3, 0.4) is 0 Å². The lowest BCUT2D eigenvalue weighted by atomic mass is 10.1. The van der Waals surface area contributed by atoms with E-state index in [0.717, 1.165) is 68.2 Å². The van der Waals surface area contributed by atoms with Crippen molar-refractivity contribution in [2.24, 2.45) is 0 Å². The van der Waals surface area contributed by atoms with Crippen molar-refractivity contribution in [2.45, 2.75) is 76.0 Å². The molecule has 1 atom stereocenters. The van der Waals surface area contributed by atoms with Crippen molar-refractivity contribution in [3.8, 4) is 5.75 Å². The average molecular weight is 603 g/mol. The van der Waals surface area contributed by atoms with Crippen molar-refractivity contribution in [3.63, 3.8) is 0 Å². The number of hydrogen-bond acceptors (Lipinski definition) is 9. The zero-order valence-corrected chi connectivity index (χ0v) is 25.9. The molecule has 0 aromatic heterocycles. The number of nitrogens with one attached hydrogen (secondary N) is 4. The lowest BCUT2D eigenvalue weighted by Gasteiger charge is -2.15. The molecule has 1 amide bonds. The van der Waals surface area contributed by atoms with E-state index in [0.29, 0.717) is 43.9 Å². The second-order valence-corrected chi connectivity index (χ2v) is 13.2. The molecule has 4 N–H and O–H groups in total. The van der Waals surface area contributed by atoms with Gasteiger partial charge in [0.05, 0.1) is 18.5 Å². The largest absolute Gasteiger partial charge is 0.496 e. The maximum atomic E-state index is 12.5. The predicted molar refractivity (Wildman–Crippen MR) is 170 cm³/mol. The fraction of sp³-hybridized carbons (Fsp3) is 0.581. The van der Waals surface area contributed by atoms with Gasteiger partial charge in [-0.05, 0) is 51.1 Å². The van der Waals surface area contributed by atoms with E-state index in [9.17, 15) is 14.4 Å². The van der Waals surface area contributed by atoms with Crippen LogP contribution in [0.5, 0.6) is 5.75 Å². The first-order valence-electron chi connectivity index (χ1n) is 14.9. The van der Waals surface area contributed by atoms with E-state index in [1.165, 1.54) is 30.7 Å². The summed E-state index contributed by atoms with van der Waals surface area (Å²) in [7, 11) is 5.64. The summed E-state index contributed by atoms with van der Waals surface area (Å²) in [6.45, 7) is 3.46. The zero-order chi connectivity index (χ0) is 29.1. The SMILES string of the molecule is COc1ccccc1CNCCCCCCNC1=CC(=O)C(NCCCNC(=O)CCCCC2CCSS2)=CC1=O. The third-order valence-corrected chi connectivity index (χ3v) is 10.1. The van der Waals surface area contributed by atoms with Gasteiger partial charge in [-0.15, -0.1) is 0 Å². The van der Waals surface area contributed by atoms with Crippen LogP contribution in [0.1, 0.15) is 69.8 Å². The van der Waals surface area contributed by atoms with Gasteiger partial charge in [-0.3, -0.25) is 14.4 Å². The number of carbonyl (C=O) groups excluding carboxylic acids is 3. The normalized spacial score (nSPS) is 16.8. The summed E-state index contributed by atoms with van der Waals surface area (Å²) in [5.74, 6) is 1.86. The van der Waals surface area contributed by atoms with Gasteiger partial charge in [0.2, 0.25) is 17.5 Å². The molecule has 1 unspecified atom stereocenters. The summed E-state index contributed by atoms with van der Waals surface area (Å²) in [5, 5.41) is 13.3. The first-order valence-corrected chi connectivity index (χ1v) is 17.3. The average Bonchev–Trinajstić information content (AvgIpc) is 3.50. The summed E-state index contributed by atoms with van der Waals surface area (Å²) in [6.07, 6.45) is 12.7. The molecule has 0 radical (unpaired) electrons. The standard InChI is InChI=1S/C31H46N4O4S2/c1-39-30-13-6-4-11-24(30)23-32-16-8-2-3-9-17-33-26-21-29(37)27(22-28(26)36)34-18-10-19-35-31(38)14-7-5-12-25-15-20-40-41-25/h4,6,11,13,21-22,25,32-34H,2-3,5,7-10,12,14-20,23H2,1H3,(H,35,38). The van der Waals surface area contributed by atoms with Gasteiger partial charge in [0.25, 0.3) is 0 Å². The van der Waals surface area contributed by atoms with Crippen LogP contribution < -0.4 is 26.0 Å². The number of ketones is 2. The van der Waals surface area contributed by atoms with Crippen molar-refractivity contribution in [1.29, 1.82) is 0 Å². The molecule has 1 aromatic rings. The molecule has 8 nitrogen and oxygen atoms in total. The van der Waals surface area contributed by atoms with Crippen molar-refractivity contribution in [2.75, 3.05) is 39.0 Å². The summed E-state index contributed by atoms with van der Waals surface area (Å²) in [5.41, 5.74) is 1.83. The van der Waals surface area contributed by atoms with E-state index in [4.69, 9.17) is 4.74 Å². The maximum absolute atomic E-state index is 12.5. The molecule has 1 heterocycles. The summed E-state index contributed by atoms with van der Waals surface area (Å²) < 4.78 is 5.38. The number of methoxy groups -OCH3 is 1. The first kappa shape index (κ1) is 33.1. The van der Waals surface area contributed by atoms with Gasteiger partial charge in [-0.2, -0.15) is 0 Å². The van der Waals surface area contributed by atoms with Crippen molar-refractivity contribution in [3.05, 3.63) is 53.4 Å². The minimum Gasteiger partial charge on any atom is -0.496 e. The molecule has 1 aliphatic heterocycles. The van der Waals surface area contributed by atoms with Gasteiger partial charge in [-0.1, -0.05) is 59.0 Å². The summed E-state index contributed by atoms with van der Waals surface area (Å²) in [6, 6.07) is 8.03. The number of ether oxygens (including phenoxy) is 1. The number of carbonyl (C=O) groups is 3. The fourth-order valence-electron chi connectivity index (χ4n) is 4.71. The van der Waals surface area contributed by atoms with Crippen molar-refractivity contribution in [1.82, 2.24) is 21.3 Å². The number of rotatable bonds is 21. The molecule has 41 heavy (non-hydrogen) atoms. The van der Waals surface area contributed by atoms with Gasteiger partial charge < -0.3 is 26.0 Å². The van der Waals surface area contributed by atoms with Gasteiger partial charge >= 0.3 is 0 Å². The highest BCUT2D eigenvalue weighted by atomic mass is 33.1. The number of hydrogen-bond donors (Lipinski definition) is 4. The molecule has 3 rings (SSSR count). The molecule has 10 heteroatoms. The number of unbranched alkanes of at least 4 members (excludes halogenated alkanes) is 4. The highest BCUT2D eigenvalue weighted by Crippen LogP contribution is 2.39. The Morgan fingerprint density at radius 2 is 1.59 bits per heavy atom. The van der Waals surface area contributed by atoms with Gasteiger partial charge in [0.15, 0.2) is 0 Å². The molecule has 1 aliphatic carbocycles. The molecule has 1 saturated heterocycles. The Hall–Kier alpha value is -2.43. The number of para-hydroxylation sites is 1. The molecule has 0 saturated carbocycles. The number of amides is 1. The van der Waals surface area contributed by atoms with E-state index in [-0.39, 0.29) is 17.5 Å². The smallest absolute Gasteiger partial charge is 0.219 e. The van der Waals surface area contributed by atoms with Crippen LogP contribution in [0.25, 0.3) is 0 Å². The number of benzene rings is 1. The Morgan fingerprint density at radius 1 is 0.878 bits per heavy atom. The highest BCUT2D eigenvalue weighted by Gasteiger charge is 2.20. The maximum Gasteiger partial charge on any atom is 0.219 e. The Morgan fingerprint density at radius 3 is 2.29 bits per heavy atom. The second-order valence-electron chi connectivity index (χ2n) is 10.4. The fourth-order valence-corrected chi connectivity index (χ4v) is 7.74. The third-order valence-electron chi connectivity index (χ3n) is 7.08. The van der Waals surface area contributed by atoms with Crippen LogP contribution in [0.15, 0.2) is 47.8 Å². The van der Waals surface area contributed by atoms with Crippen molar-refractivity contribution < 1.29 is 19.1 Å². The number of allylic oxidation sites excluding steroid dienone is 2. The minimum absolute atomic E-state index is 0.0843. The van der Waals surface area contributed by atoms with Crippen LogP contribution in [0.2, 0.25) is 0 Å². The molecule has 0 spiro atoms. The Bertz CT molecular complexity index is 1040. The second kappa shape index (κ2) is 19.6. The molecular weight excluding hydrogens is 556 g/mol. The lowest BCUT2D eigenvalue weighted by molar-refractivity contribution is -0.121. The van der Waals surface area contributed by atoms with Crippen LogP contribution in [-0.2, 0) is 20.9 Å². The lowest BCUT2D eigenvalue weighted by Crippen LogP contribution is -2.31. The molecule has 1 aromatic carbocycles. The Kier molecular flexibility index (Phi) is 15.9. The van der Waals surface area contributed by atoms with Gasteiger partial charge in [-0.25, -0.2) is 0 Å². The molecule has 2 aliphatic rings. The molecule has 226 valence electrons. The van der Waals surface area contributed by atoms with Gasteiger partial charge in [0, 0.05) is 61.3 Å². The molecular formula is C31H46N4O4S2. The van der Waals surface area contributed by atoms with Crippen LogP contribution >= 0.6 is 21.6 Å². The Labute approximate surface area is 253 Å². The summed E-state index contributed by atoms with van der Waals surface area (Å²) in [4.78, 5) is 36.9. The topological polar surface area (TPSA) is 109 Å². The predicted octanol–water partition coefficient (Wildman–Crippen LogP) is 4.66. The Balaban J connectivity index is 1.16. The van der Waals surface area contributed by atoms with Crippen LogP contribution in [-0.4, -0.2) is 61.8 Å². The van der Waals surface area contributed by atoms with Gasteiger partial charge in [0.1, 0.15) is 5.75 Å². The van der Waals surface area contributed by atoms with E-state index in [2.05, 4.69) is 27.3 Å². The highest BCUT2D eigenvalue weighted by molar-refractivity contribution is 8.77. The van der Waals surface area contributed by atoms with E-state index < -0.39 is 0 Å². The van der Waals surface area contributed by atoms with Crippen LogP contribution in [0.4, 0.5) is 0 Å². The molecule has 1 fully saturated rings. The van der Waals surface area contributed by atoms with E-state index in [1.807, 2.05) is 39.8 Å². The monoisotopic (exact) mass is 602 g/mol. The van der Waals surface area contributed by atoms with Crippen molar-refractivity contribution >= 4 is 39.1 Å². The molecule has 0 bridgehead atoms. The summed E-state index contributed by atoms with van der Waals surface area (Å²) >= 11 is 0. The third kappa shape index (κ3) is 13.0. The zero-order valence-electron chi connectivity index (χ0n) is 24.3. The quantitative estimate of drug-likeness (QED) is 0.0907. The minimum atomic E-state index is -0.198.